The maximum absolute atomic E-state index is 7.41. The van der Waals surface area contributed by atoms with Gasteiger partial charge >= 0.3 is 0 Å². The fourth-order valence-electron chi connectivity index (χ4n) is 1.04. The Labute approximate surface area is 66.0 Å². The van der Waals surface area contributed by atoms with E-state index in [-0.39, 0.29) is 0 Å². The highest BCUT2D eigenvalue weighted by Crippen LogP contribution is 2.04. The van der Waals surface area contributed by atoms with Gasteiger partial charge in [-0.3, -0.25) is 10.5 Å². The molecule has 0 bridgehead atoms. The highest BCUT2D eigenvalue weighted by atomic mass is 15.1. The van der Waals surface area contributed by atoms with Gasteiger partial charge in [-0.2, -0.15) is 5.10 Å². The third-order valence-electron chi connectivity index (χ3n) is 2.01. The van der Waals surface area contributed by atoms with E-state index in [1.165, 1.54) is 0 Å². The van der Waals surface area contributed by atoms with Gasteiger partial charge in [0.15, 0.2) is 0 Å². The Morgan fingerprint density at radius 1 is 1.36 bits per heavy atom. The van der Waals surface area contributed by atoms with Crippen LogP contribution in [0, 0.1) is 19.3 Å². The SMILES string of the molecule is CCc1n[nH]c(=N)c(C)c1C. The maximum Gasteiger partial charge on any atom is 0.141 e. The van der Waals surface area contributed by atoms with Gasteiger partial charge in [-0.15, -0.1) is 0 Å². The molecule has 0 aromatic carbocycles. The van der Waals surface area contributed by atoms with E-state index >= 15 is 0 Å². The molecule has 0 radical (unpaired) electrons. The Balaban J connectivity index is 3.37. The number of aromatic amines is 1. The number of aromatic nitrogens is 2. The smallest absolute Gasteiger partial charge is 0.141 e. The molecule has 0 amide bonds. The number of nitrogens with one attached hydrogen (secondary N) is 2. The van der Waals surface area contributed by atoms with Gasteiger partial charge in [0.2, 0.25) is 0 Å². The molecule has 2 N–H and O–H groups in total. The summed E-state index contributed by atoms with van der Waals surface area (Å²) in [6.45, 7) is 6.01. The van der Waals surface area contributed by atoms with E-state index in [4.69, 9.17) is 5.41 Å². The molecule has 11 heavy (non-hydrogen) atoms. The predicted molar refractivity (Wildman–Crippen MR) is 43.3 cm³/mol. The van der Waals surface area contributed by atoms with E-state index in [0.717, 1.165) is 23.2 Å². The van der Waals surface area contributed by atoms with E-state index in [0.29, 0.717) is 5.49 Å². The molecule has 0 aliphatic rings. The van der Waals surface area contributed by atoms with Crippen LogP contribution >= 0.6 is 0 Å². The third kappa shape index (κ3) is 1.31. The molecule has 0 saturated carbocycles. The molecule has 3 heteroatoms. The number of nitrogens with zero attached hydrogens (tertiary/aromatic N) is 1. The molecule has 1 aromatic rings. The molecule has 60 valence electrons. The minimum absolute atomic E-state index is 0.416. The van der Waals surface area contributed by atoms with Crippen LogP contribution in [-0.2, 0) is 6.42 Å². The summed E-state index contributed by atoms with van der Waals surface area (Å²) >= 11 is 0. The van der Waals surface area contributed by atoms with Gasteiger partial charge in [0.05, 0.1) is 5.69 Å². The highest BCUT2D eigenvalue weighted by molar-refractivity contribution is 5.23. The van der Waals surface area contributed by atoms with Crippen molar-refractivity contribution < 1.29 is 0 Å². The van der Waals surface area contributed by atoms with Gasteiger partial charge in [-0.25, -0.2) is 0 Å². The largest absolute Gasteiger partial charge is 0.283 e. The standard InChI is InChI=1S/C8H13N3/c1-4-7-5(2)6(3)8(9)11-10-7/h4H2,1-3H3,(H2,9,11). The minimum Gasteiger partial charge on any atom is -0.283 e. The van der Waals surface area contributed by atoms with Crippen molar-refractivity contribution in [1.82, 2.24) is 10.2 Å². The lowest BCUT2D eigenvalue weighted by Crippen LogP contribution is -2.15. The number of rotatable bonds is 1. The minimum atomic E-state index is 0.416. The number of aryl methyl sites for hydroxylation is 1. The van der Waals surface area contributed by atoms with Crippen LogP contribution in [0.5, 0.6) is 0 Å². The predicted octanol–water partition coefficient (Wildman–Crippen LogP) is 1.07. The number of hydrogen-bond donors (Lipinski definition) is 2. The van der Waals surface area contributed by atoms with Crippen LogP contribution in [0.15, 0.2) is 0 Å². The molecule has 1 aromatic heterocycles. The average molecular weight is 151 g/mol. The Hall–Kier alpha value is -1.12. The van der Waals surface area contributed by atoms with Crippen LogP contribution in [0.3, 0.4) is 0 Å². The first-order chi connectivity index (χ1) is 5.16. The Morgan fingerprint density at radius 3 is 2.55 bits per heavy atom. The van der Waals surface area contributed by atoms with Gasteiger partial charge in [-0.05, 0) is 31.4 Å². The summed E-state index contributed by atoms with van der Waals surface area (Å²) in [5.74, 6) is 0. The zero-order valence-corrected chi connectivity index (χ0v) is 7.15. The van der Waals surface area contributed by atoms with Crippen LogP contribution in [0.2, 0.25) is 0 Å². The molecule has 0 atom stereocenters. The maximum atomic E-state index is 7.41. The van der Waals surface area contributed by atoms with Crippen LogP contribution in [0.4, 0.5) is 0 Å². The van der Waals surface area contributed by atoms with Crippen LogP contribution in [0.1, 0.15) is 23.7 Å². The fourth-order valence-corrected chi connectivity index (χ4v) is 1.04. The molecular weight excluding hydrogens is 138 g/mol. The normalized spacial score (nSPS) is 10.1. The molecular formula is C8H13N3. The second-order valence-electron chi connectivity index (χ2n) is 2.65. The first-order valence-corrected chi connectivity index (χ1v) is 3.76. The van der Waals surface area contributed by atoms with Crippen molar-refractivity contribution >= 4 is 0 Å². The van der Waals surface area contributed by atoms with Gasteiger partial charge in [0, 0.05) is 0 Å². The number of H-pyrrole nitrogens is 1. The fraction of sp³-hybridized carbons (Fsp3) is 0.500. The molecule has 3 nitrogen and oxygen atoms in total. The van der Waals surface area contributed by atoms with Gasteiger partial charge in [0.1, 0.15) is 5.49 Å². The molecule has 1 rings (SSSR count). The Bertz CT molecular complexity index is 312. The quantitative estimate of drug-likeness (QED) is 0.619. The first-order valence-electron chi connectivity index (χ1n) is 3.76. The van der Waals surface area contributed by atoms with E-state index in [9.17, 15) is 0 Å². The van der Waals surface area contributed by atoms with Crippen molar-refractivity contribution in [3.05, 3.63) is 22.3 Å². The first kappa shape index (κ1) is 7.98. The van der Waals surface area contributed by atoms with Gasteiger partial charge in [-0.1, -0.05) is 6.92 Å². The summed E-state index contributed by atoms with van der Waals surface area (Å²) in [6, 6.07) is 0. The molecule has 0 saturated heterocycles. The molecule has 0 spiro atoms. The van der Waals surface area contributed by atoms with Gasteiger partial charge in [0.25, 0.3) is 0 Å². The molecule has 0 aliphatic carbocycles. The summed E-state index contributed by atoms with van der Waals surface area (Å²) in [5, 5.41) is 14.1. The van der Waals surface area contributed by atoms with E-state index in [2.05, 4.69) is 17.1 Å². The number of hydrogen-bond acceptors (Lipinski definition) is 2. The average Bonchev–Trinajstić information content (AvgIpc) is 2.01. The third-order valence-corrected chi connectivity index (χ3v) is 2.01. The summed E-state index contributed by atoms with van der Waals surface area (Å²) in [6.07, 6.45) is 0.920. The van der Waals surface area contributed by atoms with Crippen molar-refractivity contribution in [2.45, 2.75) is 27.2 Å². The lowest BCUT2D eigenvalue weighted by Gasteiger charge is -2.03. The molecule has 0 fully saturated rings. The zero-order chi connectivity index (χ0) is 8.43. The van der Waals surface area contributed by atoms with Crippen LogP contribution in [0.25, 0.3) is 0 Å². The highest BCUT2D eigenvalue weighted by Gasteiger charge is 2.00. The summed E-state index contributed by atoms with van der Waals surface area (Å²) in [4.78, 5) is 0. The van der Waals surface area contributed by atoms with Crippen molar-refractivity contribution in [3.63, 3.8) is 0 Å². The van der Waals surface area contributed by atoms with Crippen molar-refractivity contribution in [2.24, 2.45) is 0 Å². The van der Waals surface area contributed by atoms with Crippen molar-refractivity contribution in [2.75, 3.05) is 0 Å². The molecule has 1 heterocycles. The van der Waals surface area contributed by atoms with Crippen LogP contribution in [-0.4, -0.2) is 10.2 Å². The van der Waals surface area contributed by atoms with E-state index in [1.807, 2.05) is 13.8 Å². The van der Waals surface area contributed by atoms with Gasteiger partial charge < -0.3 is 0 Å². The Morgan fingerprint density at radius 2 is 2.00 bits per heavy atom. The topological polar surface area (TPSA) is 52.5 Å². The summed E-state index contributed by atoms with van der Waals surface area (Å²) < 4.78 is 0. The molecule has 0 aliphatic heterocycles. The molecule has 0 unspecified atom stereocenters. The second-order valence-corrected chi connectivity index (χ2v) is 2.65. The lowest BCUT2D eigenvalue weighted by atomic mass is 10.1. The zero-order valence-electron chi connectivity index (χ0n) is 7.15. The summed E-state index contributed by atoms with van der Waals surface area (Å²) in [7, 11) is 0. The lowest BCUT2D eigenvalue weighted by molar-refractivity contribution is 0.835. The Kier molecular flexibility index (Phi) is 2.08. The monoisotopic (exact) mass is 151 g/mol. The summed E-state index contributed by atoms with van der Waals surface area (Å²) in [5.41, 5.74) is 3.60. The second kappa shape index (κ2) is 2.86. The van der Waals surface area contributed by atoms with E-state index in [1.54, 1.807) is 0 Å². The van der Waals surface area contributed by atoms with Crippen molar-refractivity contribution in [3.8, 4) is 0 Å². The van der Waals surface area contributed by atoms with Crippen LogP contribution < -0.4 is 5.49 Å². The van der Waals surface area contributed by atoms with E-state index < -0.39 is 0 Å². The van der Waals surface area contributed by atoms with Crippen molar-refractivity contribution in [1.29, 1.82) is 5.41 Å².